The number of nitrogens with one attached hydrogen (secondary N) is 2. The van der Waals surface area contributed by atoms with Gasteiger partial charge in [-0.15, -0.1) is 0 Å². The van der Waals surface area contributed by atoms with Gasteiger partial charge < -0.3 is 39.9 Å². The van der Waals surface area contributed by atoms with Crippen LogP contribution in [0.1, 0.15) is 10.4 Å². The molecule has 6 N–H and O–H groups in total. The number of H-pyrrole nitrogens is 1. The second kappa shape index (κ2) is 8.16. The molecule has 2 aromatic heterocycles. The van der Waals surface area contributed by atoms with E-state index in [0.29, 0.717) is 0 Å². The van der Waals surface area contributed by atoms with Crippen molar-refractivity contribution in [3.05, 3.63) is 56.7 Å². The predicted octanol–water partition coefficient (Wildman–Crippen LogP) is 1.03. The fraction of sp³-hybridized carbons (Fsp3) is 0.0909. The molecule has 0 aliphatic carbocycles. The summed E-state index contributed by atoms with van der Waals surface area (Å²) >= 11 is 0. The molecule has 4 rings (SSSR count). The Balaban J connectivity index is 1.97. The van der Waals surface area contributed by atoms with Crippen molar-refractivity contribution in [3.8, 4) is 34.1 Å². The lowest BCUT2D eigenvalue weighted by Crippen LogP contribution is -2.25. The Hall–Kier alpha value is -5.00. The number of phenols is 4. The summed E-state index contributed by atoms with van der Waals surface area (Å²) in [6.45, 7) is -0.725. The number of ether oxygens (including phenoxy) is 1. The first kappa shape index (κ1) is 22.2. The molecule has 0 aliphatic rings. The van der Waals surface area contributed by atoms with Crippen LogP contribution in [-0.2, 0) is 9.53 Å². The molecule has 174 valence electrons. The Morgan fingerprint density at radius 2 is 1.71 bits per heavy atom. The number of hydrogen-bond acceptors (Lipinski definition) is 10. The Bertz CT molecular complexity index is 1620. The zero-order valence-corrected chi connectivity index (χ0v) is 17.3. The molecule has 0 bridgehead atoms. The topological polar surface area (TPSA) is 199 Å². The van der Waals surface area contributed by atoms with Crippen molar-refractivity contribution in [1.82, 2.24) is 10.3 Å². The van der Waals surface area contributed by atoms with E-state index in [2.05, 4.69) is 10.3 Å². The van der Waals surface area contributed by atoms with Gasteiger partial charge in [0.1, 0.15) is 17.4 Å². The van der Waals surface area contributed by atoms with Gasteiger partial charge in [0, 0.05) is 25.4 Å². The molecule has 0 aliphatic heterocycles. The lowest BCUT2D eigenvalue weighted by atomic mass is 10.0. The zero-order valence-electron chi connectivity index (χ0n) is 17.3. The first-order chi connectivity index (χ1) is 16.1. The van der Waals surface area contributed by atoms with Crippen LogP contribution in [0, 0.1) is 0 Å². The third kappa shape index (κ3) is 3.52. The Morgan fingerprint density at radius 1 is 1.00 bits per heavy atom. The van der Waals surface area contributed by atoms with E-state index in [1.807, 2.05) is 0 Å². The minimum absolute atomic E-state index is 0.0499. The highest BCUT2D eigenvalue weighted by Crippen LogP contribution is 2.36. The summed E-state index contributed by atoms with van der Waals surface area (Å²) in [7, 11) is 1.31. The number of aromatic amines is 1. The molecule has 0 atom stereocenters. The van der Waals surface area contributed by atoms with E-state index in [1.165, 1.54) is 13.2 Å². The molecule has 0 saturated heterocycles. The van der Waals surface area contributed by atoms with E-state index in [0.717, 1.165) is 24.5 Å². The van der Waals surface area contributed by atoms with Crippen LogP contribution in [0.3, 0.4) is 0 Å². The number of rotatable bonds is 4. The van der Waals surface area contributed by atoms with Crippen LogP contribution in [0.15, 0.2) is 44.7 Å². The van der Waals surface area contributed by atoms with Crippen molar-refractivity contribution in [2.75, 3.05) is 13.7 Å². The third-order valence-corrected chi connectivity index (χ3v) is 5.10. The number of amides is 1. The number of aromatic nitrogens is 1. The molecule has 0 unspecified atom stereocenters. The molecule has 0 spiro atoms. The maximum Gasteiger partial charge on any atom is 0.343 e. The van der Waals surface area contributed by atoms with Crippen molar-refractivity contribution in [1.29, 1.82) is 0 Å². The molecule has 12 heteroatoms. The second-order valence-corrected chi connectivity index (χ2v) is 7.14. The molecular weight excluding hydrogens is 452 g/mol. The van der Waals surface area contributed by atoms with Crippen molar-refractivity contribution in [2.45, 2.75) is 0 Å². The summed E-state index contributed by atoms with van der Waals surface area (Å²) in [4.78, 5) is 53.1. The lowest BCUT2D eigenvalue weighted by molar-refractivity contribution is -0.123. The highest BCUT2D eigenvalue weighted by molar-refractivity contribution is 6.08. The zero-order chi connectivity index (χ0) is 24.7. The molecule has 1 amide bonds. The Kier molecular flexibility index (Phi) is 5.33. The van der Waals surface area contributed by atoms with Gasteiger partial charge in [-0.1, -0.05) is 0 Å². The first-order valence-electron chi connectivity index (χ1n) is 9.60. The monoisotopic (exact) mass is 468 g/mol. The van der Waals surface area contributed by atoms with Gasteiger partial charge >= 0.3 is 5.97 Å². The highest BCUT2D eigenvalue weighted by Gasteiger charge is 2.26. The normalized spacial score (nSPS) is 11.0. The molecule has 2 aromatic carbocycles. The SMILES string of the molecule is CNC(=O)COC(=O)c1c(O)c(O)cc2occ(-c3c[nH]c4cc(O)c(O)cc4c3=O)c(=O)c12. The van der Waals surface area contributed by atoms with E-state index < -0.39 is 63.3 Å². The van der Waals surface area contributed by atoms with Gasteiger partial charge in [0.15, 0.2) is 35.0 Å². The number of fused-ring (bicyclic) bond motifs is 2. The summed E-state index contributed by atoms with van der Waals surface area (Å²) in [6.07, 6.45) is 2.10. The van der Waals surface area contributed by atoms with Crippen LogP contribution >= 0.6 is 0 Å². The highest BCUT2D eigenvalue weighted by atomic mass is 16.5. The minimum atomic E-state index is -1.29. The number of pyridine rings is 1. The van der Waals surface area contributed by atoms with Crippen LogP contribution in [0.4, 0.5) is 0 Å². The van der Waals surface area contributed by atoms with Crippen molar-refractivity contribution in [3.63, 3.8) is 0 Å². The summed E-state index contributed by atoms with van der Waals surface area (Å²) in [5, 5.41) is 41.3. The summed E-state index contributed by atoms with van der Waals surface area (Å²) in [6, 6.07) is 3.04. The van der Waals surface area contributed by atoms with E-state index in [-0.39, 0.29) is 27.6 Å². The predicted molar refractivity (Wildman–Crippen MR) is 117 cm³/mol. The van der Waals surface area contributed by atoms with Crippen LogP contribution in [0.25, 0.3) is 33.0 Å². The molecule has 34 heavy (non-hydrogen) atoms. The average molecular weight is 468 g/mol. The van der Waals surface area contributed by atoms with Gasteiger partial charge in [-0.05, 0) is 6.07 Å². The second-order valence-electron chi connectivity index (χ2n) is 7.14. The van der Waals surface area contributed by atoms with E-state index in [9.17, 15) is 39.6 Å². The maximum atomic E-state index is 13.3. The van der Waals surface area contributed by atoms with E-state index in [1.54, 1.807) is 0 Å². The summed E-state index contributed by atoms with van der Waals surface area (Å²) in [5.74, 6) is -4.74. The molecule has 2 heterocycles. The van der Waals surface area contributed by atoms with Crippen LogP contribution in [-0.4, -0.2) is 50.9 Å². The van der Waals surface area contributed by atoms with Crippen molar-refractivity contribution < 1.29 is 39.2 Å². The smallest absolute Gasteiger partial charge is 0.343 e. The van der Waals surface area contributed by atoms with Gasteiger partial charge in [0.25, 0.3) is 5.91 Å². The largest absolute Gasteiger partial charge is 0.504 e. The number of hydrogen-bond donors (Lipinski definition) is 6. The number of esters is 1. The lowest BCUT2D eigenvalue weighted by Gasteiger charge is -2.11. The maximum absolute atomic E-state index is 13.3. The Labute approximate surface area is 188 Å². The number of phenolic OH excluding ortho intramolecular Hbond substituents is 4. The minimum Gasteiger partial charge on any atom is -0.504 e. The van der Waals surface area contributed by atoms with E-state index in [4.69, 9.17) is 9.15 Å². The Morgan fingerprint density at radius 3 is 2.41 bits per heavy atom. The molecule has 12 nitrogen and oxygen atoms in total. The summed E-state index contributed by atoms with van der Waals surface area (Å²) in [5.41, 5.74) is -3.02. The van der Waals surface area contributed by atoms with Crippen molar-refractivity contribution >= 4 is 33.7 Å². The van der Waals surface area contributed by atoms with Crippen LogP contribution < -0.4 is 16.2 Å². The standard InChI is InChI=1S/C22H16N2O10/c1-23-16(28)7-34-22(32)18-17-15(4-14(27)21(18)31)33-6-10(20(17)30)9-5-24-11-3-13(26)12(25)2-8(11)19(9)29/h2-6,25-27,31H,7H2,1H3,(H,23,28)(H,24,29). The summed E-state index contributed by atoms with van der Waals surface area (Å²) < 4.78 is 10.2. The van der Waals surface area contributed by atoms with Crippen LogP contribution in [0.2, 0.25) is 0 Å². The van der Waals surface area contributed by atoms with Crippen molar-refractivity contribution in [2.24, 2.45) is 0 Å². The van der Waals surface area contributed by atoms with Crippen LogP contribution in [0.5, 0.6) is 23.0 Å². The fourth-order valence-electron chi connectivity index (χ4n) is 3.37. The van der Waals surface area contributed by atoms with Gasteiger partial charge in [0.05, 0.1) is 27.4 Å². The van der Waals surface area contributed by atoms with Gasteiger partial charge in [0.2, 0.25) is 5.43 Å². The van der Waals surface area contributed by atoms with Gasteiger partial charge in [-0.3, -0.25) is 14.4 Å². The quantitative estimate of drug-likeness (QED) is 0.186. The number of carbonyl (C=O) groups excluding carboxylic acids is 2. The van der Waals surface area contributed by atoms with E-state index >= 15 is 0 Å². The molecule has 4 aromatic rings. The molecule has 0 fully saturated rings. The number of aromatic hydroxyl groups is 4. The van der Waals surface area contributed by atoms with Gasteiger partial charge in [-0.2, -0.15) is 0 Å². The number of carbonyl (C=O) groups is 2. The third-order valence-electron chi connectivity index (χ3n) is 5.10. The molecular formula is C22H16N2O10. The fourth-order valence-corrected chi connectivity index (χ4v) is 3.37. The molecule has 0 radical (unpaired) electrons. The number of likely N-dealkylation sites (N-methyl/N-ethyl adjacent to an activating group) is 1. The number of benzene rings is 2. The average Bonchev–Trinajstić information content (AvgIpc) is 2.81. The molecule has 0 saturated carbocycles. The van der Waals surface area contributed by atoms with Gasteiger partial charge in [-0.25, -0.2) is 4.79 Å². The first-order valence-corrected chi connectivity index (χ1v) is 9.60.